The zero-order chi connectivity index (χ0) is 13.4. The highest BCUT2D eigenvalue weighted by molar-refractivity contribution is 6.30. The largest absolute Gasteiger partial charge is 0.394 e. The fraction of sp³-hybridized carbons (Fsp3) is 0.615. The van der Waals surface area contributed by atoms with Crippen molar-refractivity contribution < 1.29 is 9.84 Å². The summed E-state index contributed by atoms with van der Waals surface area (Å²) in [4.78, 5) is 6.34. The van der Waals surface area contributed by atoms with Crippen molar-refractivity contribution in [3.8, 4) is 0 Å². The molecule has 0 radical (unpaired) electrons. The number of ether oxygens (including phenoxy) is 1. The Balaban J connectivity index is 2.50. The van der Waals surface area contributed by atoms with Crippen molar-refractivity contribution in [1.29, 1.82) is 0 Å². The Bertz CT molecular complexity index is 348. The van der Waals surface area contributed by atoms with Gasteiger partial charge in [0, 0.05) is 30.9 Å². The van der Waals surface area contributed by atoms with Gasteiger partial charge in [-0.3, -0.25) is 4.90 Å². The number of hydrogen-bond acceptors (Lipinski definition) is 4. The molecule has 0 saturated heterocycles. The first-order valence-electron chi connectivity index (χ1n) is 6.17. The third-order valence-electron chi connectivity index (χ3n) is 2.70. The minimum Gasteiger partial charge on any atom is -0.394 e. The van der Waals surface area contributed by atoms with Gasteiger partial charge in [0.1, 0.15) is 5.15 Å². The van der Waals surface area contributed by atoms with Gasteiger partial charge in [-0.05, 0) is 19.9 Å². The van der Waals surface area contributed by atoms with Crippen LogP contribution in [-0.4, -0.2) is 47.4 Å². The molecule has 5 heteroatoms. The minimum absolute atomic E-state index is 0.0656. The summed E-state index contributed by atoms with van der Waals surface area (Å²) in [6.45, 7) is 6.90. The second kappa shape index (κ2) is 8.43. The Morgan fingerprint density at radius 2 is 2.22 bits per heavy atom. The normalized spacial score (nSPS) is 11.4. The summed E-state index contributed by atoms with van der Waals surface area (Å²) in [6.07, 6.45) is 1.69. The molecule has 0 atom stereocenters. The molecule has 0 bridgehead atoms. The van der Waals surface area contributed by atoms with E-state index in [2.05, 4.69) is 23.7 Å². The van der Waals surface area contributed by atoms with E-state index in [1.165, 1.54) is 0 Å². The predicted molar refractivity (Wildman–Crippen MR) is 72.7 cm³/mol. The Morgan fingerprint density at radius 3 is 2.83 bits per heavy atom. The molecular weight excluding hydrogens is 252 g/mol. The van der Waals surface area contributed by atoms with Crippen LogP contribution in [0.5, 0.6) is 0 Å². The molecule has 1 heterocycles. The number of rotatable bonds is 8. The van der Waals surface area contributed by atoms with E-state index in [0.717, 1.165) is 18.7 Å². The Labute approximate surface area is 114 Å². The number of hydrogen-bond donors (Lipinski definition) is 1. The molecule has 0 unspecified atom stereocenters. The minimum atomic E-state index is 0.0656. The highest BCUT2D eigenvalue weighted by atomic mass is 35.5. The van der Waals surface area contributed by atoms with Crippen LogP contribution < -0.4 is 0 Å². The first-order valence-corrected chi connectivity index (χ1v) is 6.55. The first-order chi connectivity index (χ1) is 8.65. The van der Waals surface area contributed by atoms with E-state index in [-0.39, 0.29) is 6.61 Å². The van der Waals surface area contributed by atoms with E-state index >= 15 is 0 Å². The Kier molecular flexibility index (Phi) is 7.20. The maximum absolute atomic E-state index is 8.65. The molecule has 18 heavy (non-hydrogen) atoms. The number of halogens is 1. The average Bonchev–Trinajstić information content (AvgIpc) is 2.35. The lowest BCUT2D eigenvalue weighted by Crippen LogP contribution is -2.33. The van der Waals surface area contributed by atoms with Crippen LogP contribution in [0.2, 0.25) is 5.15 Å². The standard InChI is InChI=1S/C13H21ClN2O2/c1-11(2)16(6-8-18-9-7-17)10-12-4-3-5-15-13(12)14/h3-5,11,17H,6-10H2,1-2H3. The molecular formula is C13H21ClN2O2. The van der Waals surface area contributed by atoms with Crippen LogP contribution in [0, 0.1) is 0 Å². The lowest BCUT2D eigenvalue weighted by Gasteiger charge is -2.26. The van der Waals surface area contributed by atoms with E-state index in [9.17, 15) is 0 Å². The molecule has 0 aliphatic rings. The molecule has 0 amide bonds. The number of nitrogens with zero attached hydrogens (tertiary/aromatic N) is 2. The highest BCUT2D eigenvalue weighted by Gasteiger charge is 2.12. The molecule has 0 fully saturated rings. The quantitative estimate of drug-likeness (QED) is 0.580. The predicted octanol–water partition coefficient (Wildman–Crippen LogP) is 1.95. The van der Waals surface area contributed by atoms with Crippen molar-refractivity contribution in [3.63, 3.8) is 0 Å². The van der Waals surface area contributed by atoms with Gasteiger partial charge in [0.15, 0.2) is 0 Å². The fourth-order valence-corrected chi connectivity index (χ4v) is 1.80. The van der Waals surface area contributed by atoms with Gasteiger partial charge < -0.3 is 9.84 Å². The van der Waals surface area contributed by atoms with Gasteiger partial charge in [0.2, 0.25) is 0 Å². The molecule has 4 nitrogen and oxygen atoms in total. The molecule has 0 aliphatic carbocycles. The van der Waals surface area contributed by atoms with Gasteiger partial charge in [0.05, 0.1) is 19.8 Å². The molecule has 1 rings (SSSR count). The van der Waals surface area contributed by atoms with E-state index in [0.29, 0.717) is 24.4 Å². The smallest absolute Gasteiger partial charge is 0.133 e. The van der Waals surface area contributed by atoms with Crippen LogP contribution in [-0.2, 0) is 11.3 Å². The van der Waals surface area contributed by atoms with Gasteiger partial charge in [-0.1, -0.05) is 17.7 Å². The van der Waals surface area contributed by atoms with Crippen molar-refractivity contribution in [2.24, 2.45) is 0 Å². The van der Waals surface area contributed by atoms with Crippen LogP contribution >= 0.6 is 11.6 Å². The Morgan fingerprint density at radius 1 is 1.44 bits per heavy atom. The topological polar surface area (TPSA) is 45.6 Å². The van der Waals surface area contributed by atoms with Gasteiger partial charge in [-0.15, -0.1) is 0 Å². The van der Waals surface area contributed by atoms with Crippen molar-refractivity contribution in [2.45, 2.75) is 26.4 Å². The van der Waals surface area contributed by atoms with Crippen LogP contribution in [0.25, 0.3) is 0 Å². The maximum Gasteiger partial charge on any atom is 0.133 e. The van der Waals surface area contributed by atoms with E-state index in [1.54, 1.807) is 6.20 Å². The SMILES string of the molecule is CC(C)N(CCOCCO)Cc1cccnc1Cl. The lowest BCUT2D eigenvalue weighted by atomic mass is 10.2. The molecule has 0 aromatic carbocycles. The molecule has 0 aliphatic heterocycles. The van der Waals surface area contributed by atoms with Gasteiger partial charge in [-0.2, -0.15) is 0 Å². The summed E-state index contributed by atoms with van der Waals surface area (Å²) in [5.41, 5.74) is 1.02. The van der Waals surface area contributed by atoms with E-state index in [4.69, 9.17) is 21.4 Å². The average molecular weight is 273 g/mol. The summed E-state index contributed by atoms with van der Waals surface area (Å²) < 4.78 is 5.29. The van der Waals surface area contributed by atoms with Crippen molar-refractivity contribution in [2.75, 3.05) is 26.4 Å². The van der Waals surface area contributed by atoms with Crippen LogP contribution in [0.3, 0.4) is 0 Å². The molecule has 0 spiro atoms. The summed E-state index contributed by atoms with van der Waals surface area (Å²) in [5.74, 6) is 0. The lowest BCUT2D eigenvalue weighted by molar-refractivity contribution is 0.0646. The zero-order valence-electron chi connectivity index (χ0n) is 11.0. The number of aliphatic hydroxyl groups excluding tert-OH is 1. The number of aromatic nitrogens is 1. The molecule has 102 valence electrons. The van der Waals surface area contributed by atoms with Crippen molar-refractivity contribution in [3.05, 3.63) is 29.0 Å². The van der Waals surface area contributed by atoms with Gasteiger partial charge in [-0.25, -0.2) is 4.98 Å². The van der Waals surface area contributed by atoms with E-state index in [1.807, 2.05) is 12.1 Å². The van der Waals surface area contributed by atoms with Gasteiger partial charge in [0.25, 0.3) is 0 Å². The first kappa shape index (κ1) is 15.4. The van der Waals surface area contributed by atoms with Crippen molar-refractivity contribution >= 4 is 11.6 Å². The van der Waals surface area contributed by atoms with Crippen LogP contribution in [0.4, 0.5) is 0 Å². The third-order valence-corrected chi connectivity index (χ3v) is 3.04. The maximum atomic E-state index is 8.65. The van der Waals surface area contributed by atoms with Crippen LogP contribution in [0.1, 0.15) is 19.4 Å². The molecule has 0 saturated carbocycles. The second-order valence-electron chi connectivity index (χ2n) is 4.35. The summed E-state index contributed by atoms with van der Waals surface area (Å²) in [7, 11) is 0. The summed E-state index contributed by atoms with van der Waals surface area (Å²) >= 11 is 6.05. The van der Waals surface area contributed by atoms with Crippen LogP contribution in [0.15, 0.2) is 18.3 Å². The second-order valence-corrected chi connectivity index (χ2v) is 4.71. The summed E-state index contributed by atoms with van der Waals surface area (Å²) in [6, 6.07) is 4.28. The molecule has 1 aromatic heterocycles. The Hall–Kier alpha value is -0.680. The molecule has 1 N–H and O–H groups in total. The number of aliphatic hydroxyl groups is 1. The van der Waals surface area contributed by atoms with Crippen molar-refractivity contribution in [1.82, 2.24) is 9.88 Å². The summed E-state index contributed by atoms with van der Waals surface area (Å²) in [5, 5.41) is 9.20. The molecule has 1 aromatic rings. The fourth-order valence-electron chi connectivity index (χ4n) is 1.62. The van der Waals surface area contributed by atoms with Gasteiger partial charge >= 0.3 is 0 Å². The number of pyridine rings is 1. The third kappa shape index (κ3) is 5.31. The highest BCUT2D eigenvalue weighted by Crippen LogP contribution is 2.15. The zero-order valence-corrected chi connectivity index (χ0v) is 11.7. The monoisotopic (exact) mass is 272 g/mol. The van der Waals surface area contributed by atoms with E-state index < -0.39 is 0 Å².